The normalized spacial score (nSPS) is 10.6. The van der Waals surface area contributed by atoms with E-state index in [4.69, 9.17) is 9.47 Å². The fourth-order valence-corrected chi connectivity index (χ4v) is 2.09. The number of carbonyl (C=O) groups excluding carboxylic acids is 1. The van der Waals surface area contributed by atoms with E-state index >= 15 is 0 Å². The van der Waals surface area contributed by atoms with Crippen LogP contribution in [0.25, 0.3) is 17.0 Å². The van der Waals surface area contributed by atoms with Gasteiger partial charge in [-0.05, 0) is 17.7 Å². The number of hydrogen-bond acceptors (Lipinski definition) is 3. The zero-order valence-corrected chi connectivity index (χ0v) is 11.2. The van der Waals surface area contributed by atoms with Gasteiger partial charge in [0.15, 0.2) is 0 Å². The Morgan fingerprint density at radius 3 is 2.84 bits per heavy atom. The van der Waals surface area contributed by atoms with E-state index in [2.05, 4.69) is 6.58 Å². The Labute approximate surface area is 112 Å². The van der Waals surface area contributed by atoms with Gasteiger partial charge in [-0.2, -0.15) is 0 Å². The van der Waals surface area contributed by atoms with Gasteiger partial charge in [0.1, 0.15) is 0 Å². The van der Waals surface area contributed by atoms with Crippen molar-refractivity contribution in [1.29, 1.82) is 0 Å². The molecule has 0 spiro atoms. The van der Waals surface area contributed by atoms with Crippen LogP contribution in [0, 0.1) is 0 Å². The van der Waals surface area contributed by atoms with Crippen molar-refractivity contribution in [3.8, 4) is 0 Å². The van der Waals surface area contributed by atoms with Crippen LogP contribution in [0.2, 0.25) is 0 Å². The maximum Gasteiger partial charge on any atom is 0.340 e. The highest BCUT2D eigenvalue weighted by atomic mass is 16.5. The molecule has 4 heteroatoms. The highest BCUT2D eigenvalue weighted by Crippen LogP contribution is 2.24. The molecular weight excluding hydrogens is 242 g/mol. The molecule has 2 aromatic rings. The van der Waals surface area contributed by atoms with E-state index in [0.717, 1.165) is 16.5 Å². The molecule has 0 N–H and O–H groups in total. The predicted octanol–water partition coefficient (Wildman–Crippen LogP) is 2.72. The van der Waals surface area contributed by atoms with Crippen molar-refractivity contribution in [1.82, 2.24) is 4.57 Å². The van der Waals surface area contributed by atoms with E-state index in [1.54, 1.807) is 13.2 Å². The van der Waals surface area contributed by atoms with Crippen molar-refractivity contribution in [3.05, 3.63) is 42.1 Å². The molecule has 1 aromatic heterocycles. The van der Waals surface area contributed by atoms with Gasteiger partial charge in [-0.3, -0.25) is 0 Å². The summed E-state index contributed by atoms with van der Waals surface area (Å²) in [6.07, 6.45) is 3.56. The Hall–Kier alpha value is -2.07. The largest absolute Gasteiger partial charge is 0.465 e. The van der Waals surface area contributed by atoms with E-state index in [1.165, 1.54) is 7.11 Å². The number of methoxy groups -OCH3 is 2. The minimum absolute atomic E-state index is 0.331. The topological polar surface area (TPSA) is 40.5 Å². The number of benzene rings is 1. The average molecular weight is 259 g/mol. The summed E-state index contributed by atoms with van der Waals surface area (Å²) >= 11 is 0. The summed E-state index contributed by atoms with van der Waals surface area (Å²) < 4.78 is 11.9. The molecule has 100 valence electrons. The second-order valence-corrected chi connectivity index (χ2v) is 4.20. The quantitative estimate of drug-likeness (QED) is 0.775. The predicted molar refractivity (Wildman–Crippen MR) is 75.2 cm³/mol. The number of hydrogen-bond donors (Lipinski definition) is 0. The Balaban J connectivity index is 2.58. The first-order valence-electron chi connectivity index (χ1n) is 6.04. The van der Waals surface area contributed by atoms with Crippen LogP contribution in [0.5, 0.6) is 0 Å². The molecule has 0 bridgehead atoms. The smallest absolute Gasteiger partial charge is 0.340 e. The number of rotatable bonds is 5. The molecule has 0 radical (unpaired) electrons. The number of nitrogens with zero attached hydrogens (tertiary/aromatic N) is 1. The number of ether oxygens (including phenoxy) is 2. The number of esters is 1. The molecule has 2 rings (SSSR count). The van der Waals surface area contributed by atoms with Gasteiger partial charge in [-0.15, -0.1) is 0 Å². The number of aromatic nitrogens is 1. The Morgan fingerprint density at radius 2 is 2.21 bits per heavy atom. The van der Waals surface area contributed by atoms with Crippen LogP contribution in [0.4, 0.5) is 0 Å². The summed E-state index contributed by atoms with van der Waals surface area (Å²) in [6.45, 7) is 5.03. The lowest BCUT2D eigenvalue weighted by Gasteiger charge is -2.04. The first-order valence-corrected chi connectivity index (χ1v) is 6.04. The molecule has 0 aliphatic heterocycles. The Kier molecular flexibility index (Phi) is 4.02. The van der Waals surface area contributed by atoms with Crippen LogP contribution in [0.15, 0.2) is 31.0 Å². The van der Waals surface area contributed by atoms with Gasteiger partial charge in [0.25, 0.3) is 0 Å². The minimum Gasteiger partial charge on any atom is -0.465 e. The highest BCUT2D eigenvalue weighted by molar-refractivity contribution is 6.04. The molecule has 0 aliphatic rings. The number of carbonyl (C=O) groups is 1. The van der Waals surface area contributed by atoms with Gasteiger partial charge in [-0.1, -0.05) is 18.7 Å². The molecule has 0 unspecified atom stereocenters. The maximum absolute atomic E-state index is 11.8. The molecule has 0 fully saturated rings. The SMILES string of the molecule is C=Cc1ccc2c(c1)c(C(=O)OC)cn2CCOC. The molecule has 0 amide bonds. The summed E-state index contributed by atoms with van der Waals surface area (Å²) in [7, 11) is 3.04. The second-order valence-electron chi connectivity index (χ2n) is 4.20. The summed E-state index contributed by atoms with van der Waals surface area (Å²) in [6, 6.07) is 5.89. The van der Waals surface area contributed by atoms with E-state index < -0.39 is 0 Å². The summed E-state index contributed by atoms with van der Waals surface area (Å²) in [5.41, 5.74) is 2.53. The van der Waals surface area contributed by atoms with E-state index in [1.807, 2.05) is 29.0 Å². The molecule has 4 nitrogen and oxygen atoms in total. The molecule has 0 saturated carbocycles. The third-order valence-electron chi connectivity index (χ3n) is 3.08. The van der Waals surface area contributed by atoms with Crippen molar-refractivity contribution in [2.75, 3.05) is 20.8 Å². The van der Waals surface area contributed by atoms with Crippen LogP contribution >= 0.6 is 0 Å². The van der Waals surface area contributed by atoms with Crippen LogP contribution in [-0.2, 0) is 16.0 Å². The van der Waals surface area contributed by atoms with E-state index in [-0.39, 0.29) is 5.97 Å². The van der Waals surface area contributed by atoms with Crippen LogP contribution in [0.3, 0.4) is 0 Å². The third kappa shape index (κ3) is 2.53. The summed E-state index contributed by atoms with van der Waals surface area (Å²) in [5, 5.41) is 0.875. The standard InChI is InChI=1S/C15H17NO3/c1-4-11-5-6-14-12(9-11)13(15(17)19-3)10-16(14)7-8-18-2/h4-6,9-10H,1,7-8H2,2-3H3. The van der Waals surface area contributed by atoms with Gasteiger partial charge in [0.2, 0.25) is 0 Å². The van der Waals surface area contributed by atoms with Gasteiger partial charge in [0.05, 0.1) is 19.3 Å². The lowest BCUT2D eigenvalue weighted by molar-refractivity contribution is 0.0602. The van der Waals surface area contributed by atoms with Gasteiger partial charge >= 0.3 is 5.97 Å². The van der Waals surface area contributed by atoms with Gasteiger partial charge < -0.3 is 14.0 Å². The highest BCUT2D eigenvalue weighted by Gasteiger charge is 2.15. The lowest BCUT2D eigenvalue weighted by Crippen LogP contribution is -2.03. The maximum atomic E-state index is 11.8. The Bertz CT molecular complexity index is 613. The minimum atomic E-state index is -0.331. The fourth-order valence-electron chi connectivity index (χ4n) is 2.09. The van der Waals surface area contributed by atoms with E-state index in [9.17, 15) is 4.79 Å². The second kappa shape index (κ2) is 5.71. The molecule has 0 aliphatic carbocycles. The van der Waals surface area contributed by atoms with Crippen LogP contribution < -0.4 is 0 Å². The van der Waals surface area contributed by atoms with Crippen molar-refractivity contribution >= 4 is 22.9 Å². The fraction of sp³-hybridized carbons (Fsp3) is 0.267. The molecule has 1 aromatic carbocycles. The Morgan fingerprint density at radius 1 is 1.42 bits per heavy atom. The zero-order valence-electron chi connectivity index (χ0n) is 11.2. The van der Waals surface area contributed by atoms with Crippen LogP contribution in [0.1, 0.15) is 15.9 Å². The van der Waals surface area contributed by atoms with Gasteiger partial charge in [0, 0.05) is 30.8 Å². The van der Waals surface area contributed by atoms with Crippen LogP contribution in [-0.4, -0.2) is 31.4 Å². The third-order valence-corrected chi connectivity index (χ3v) is 3.08. The van der Waals surface area contributed by atoms with Crippen molar-refractivity contribution in [2.45, 2.75) is 6.54 Å². The monoisotopic (exact) mass is 259 g/mol. The number of fused-ring (bicyclic) bond motifs is 1. The molecular formula is C15H17NO3. The summed E-state index contributed by atoms with van der Waals surface area (Å²) in [4.78, 5) is 11.8. The molecule has 1 heterocycles. The first-order chi connectivity index (χ1) is 9.21. The van der Waals surface area contributed by atoms with E-state index in [0.29, 0.717) is 18.7 Å². The average Bonchev–Trinajstić information content (AvgIpc) is 2.82. The molecule has 0 atom stereocenters. The summed E-state index contributed by atoms with van der Waals surface area (Å²) in [5.74, 6) is -0.331. The molecule has 19 heavy (non-hydrogen) atoms. The van der Waals surface area contributed by atoms with Crippen molar-refractivity contribution in [2.24, 2.45) is 0 Å². The van der Waals surface area contributed by atoms with Crippen molar-refractivity contribution in [3.63, 3.8) is 0 Å². The van der Waals surface area contributed by atoms with Gasteiger partial charge in [-0.25, -0.2) is 4.79 Å². The first kappa shape index (κ1) is 13.4. The lowest BCUT2D eigenvalue weighted by atomic mass is 10.1. The zero-order chi connectivity index (χ0) is 13.8. The molecule has 0 saturated heterocycles. The van der Waals surface area contributed by atoms with Crippen molar-refractivity contribution < 1.29 is 14.3 Å².